The van der Waals surface area contributed by atoms with Crippen molar-refractivity contribution in [3.05, 3.63) is 16.4 Å². The Kier molecular flexibility index (Phi) is 5.63. The van der Waals surface area contributed by atoms with Crippen LogP contribution in [0.15, 0.2) is 6.20 Å². The molecule has 0 saturated heterocycles. The Balaban J connectivity index is 0.000000640. The fraction of sp³-hybridized carbons (Fsp3) is 0. The molecule has 0 fully saturated rings. The van der Waals surface area contributed by atoms with Gasteiger partial charge in [0, 0.05) is 0 Å². The summed E-state index contributed by atoms with van der Waals surface area (Å²) in [5, 5.41) is 10.5. The molecule has 0 aromatic carbocycles. The van der Waals surface area contributed by atoms with Crippen LogP contribution in [0, 0.1) is 0 Å². The average molecular weight is 190 g/mol. The number of hydrogen-bond acceptors (Lipinski definition) is 3. The minimum atomic E-state index is 0. The summed E-state index contributed by atoms with van der Waals surface area (Å²) in [4.78, 5) is 0. The third-order valence-electron chi connectivity index (χ3n) is 0.552. The zero-order chi connectivity index (χ0) is 5.98. The molecule has 9 heavy (non-hydrogen) atoms. The van der Waals surface area contributed by atoms with E-state index >= 15 is 0 Å². The van der Waals surface area contributed by atoms with Gasteiger partial charge in [0.25, 0.3) is 0 Å². The number of nitrogens with zero attached hydrogens (tertiary/aromatic N) is 3. The molecule has 0 amide bonds. The van der Waals surface area contributed by atoms with Gasteiger partial charge in [0.1, 0.15) is 5.02 Å². The second kappa shape index (κ2) is 4.95. The molecular formula is C3H2Cl2KN3. The van der Waals surface area contributed by atoms with Crippen molar-refractivity contribution in [3.8, 4) is 0 Å². The van der Waals surface area contributed by atoms with Gasteiger partial charge >= 0.3 is 51.4 Å². The van der Waals surface area contributed by atoms with Crippen LogP contribution in [0.5, 0.6) is 0 Å². The average Bonchev–Trinajstić information content (AvgIpc) is 1.77. The molecule has 0 bridgehead atoms. The van der Waals surface area contributed by atoms with Crippen molar-refractivity contribution in [1.29, 1.82) is 0 Å². The molecule has 44 valence electrons. The van der Waals surface area contributed by atoms with E-state index in [-0.39, 0.29) is 56.5 Å². The van der Waals surface area contributed by atoms with Gasteiger partial charge in [-0.3, -0.25) is 0 Å². The SMILES string of the molecule is Clc1cnnnc1Cl.[KH]. The van der Waals surface area contributed by atoms with Gasteiger partial charge < -0.3 is 0 Å². The first-order valence-electron chi connectivity index (χ1n) is 1.80. The third-order valence-corrected chi connectivity index (χ3v) is 1.20. The molecule has 0 aliphatic rings. The van der Waals surface area contributed by atoms with E-state index in [9.17, 15) is 0 Å². The van der Waals surface area contributed by atoms with Crippen LogP contribution in [0.4, 0.5) is 0 Å². The van der Waals surface area contributed by atoms with Crippen LogP contribution in [0.3, 0.4) is 0 Å². The summed E-state index contributed by atoms with van der Waals surface area (Å²) in [5.41, 5.74) is 0. The van der Waals surface area contributed by atoms with Gasteiger partial charge in [0.2, 0.25) is 0 Å². The van der Waals surface area contributed by atoms with Crippen LogP contribution >= 0.6 is 23.2 Å². The first-order valence-corrected chi connectivity index (χ1v) is 2.55. The quantitative estimate of drug-likeness (QED) is 0.560. The van der Waals surface area contributed by atoms with Crippen molar-refractivity contribution in [2.24, 2.45) is 0 Å². The molecular weight excluding hydrogens is 188 g/mol. The van der Waals surface area contributed by atoms with Gasteiger partial charge in [-0.2, -0.15) is 0 Å². The predicted molar refractivity (Wildman–Crippen MR) is 37.0 cm³/mol. The summed E-state index contributed by atoms with van der Waals surface area (Å²) in [5.74, 6) is 0. The second-order valence-corrected chi connectivity index (χ2v) is 1.84. The summed E-state index contributed by atoms with van der Waals surface area (Å²) in [6, 6.07) is 0. The standard InChI is InChI=1S/C3HCl2N3.K.H/c4-2-1-6-8-7-3(2)5;;/h1H;;. The van der Waals surface area contributed by atoms with Crippen molar-refractivity contribution in [2.45, 2.75) is 0 Å². The summed E-state index contributed by atoms with van der Waals surface area (Å²) < 4.78 is 0. The molecule has 1 aromatic rings. The Morgan fingerprint density at radius 2 is 2.00 bits per heavy atom. The molecule has 0 unspecified atom stereocenters. The zero-order valence-corrected chi connectivity index (χ0v) is 5.19. The summed E-state index contributed by atoms with van der Waals surface area (Å²) >= 11 is 10.8. The van der Waals surface area contributed by atoms with Crippen LogP contribution in [-0.4, -0.2) is 66.8 Å². The van der Waals surface area contributed by atoms with E-state index in [0.717, 1.165) is 0 Å². The summed E-state index contributed by atoms with van der Waals surface area (Å²) in [7, 11) is 0. The predicted octanol–water partition coefficient (Wildman–Crippen LogP) is 0.530. The molecule has 1 rings (SSSR count). The molecule has 0 N–H and O–H groups in total. The molecule has 0 aliphatic heterocycles. The third kappa shape index (κ3) is 3.22. The monoisotopic (exact) mass is 189 g/mol. The van der Waals surface area contributed by atoms with Crippen molar-refractivity contribution in [1.82, 2.24) is 15.4 Å². The fourth-order valence-electron chi connectivity index (χ4n) is 0.243. The van der Waals surface area contributed by atoms with E-state index in [2.05, 4.69) is 15.4 Å². The molecule has 0 aliphatic carbocycles. The Labute approximate surface area is 105 Å². The Bertz CT molecular complexity index is 173. The van der Waals surface area contributed by atoms with Gasteiger partial charge in [-0.15, -0.1) is 10.2 Å². The first kappa shape index (κ1) is 10.2. The van der Waals surface area contributed by atoms with Crippen molar-refractivity contribution in [2.75, 3.05) is 0 Å². The van der Waals surface area contributed by atoms with E-state index in [1.165, 1.54) is 6.20 Å². The zero-order valence-electron chi connectivity index (χ0n) is 3.67. The molecule has 1 heterocycles. The molecule has 3 nitrogen and oxygen atoms in total. The van der Waals surface area contributed by atoms with E-state index < -0.39 is 0 Å². The Morgan fingerprint density at radius 3 is 2.33 bits per heavy atom. The van der Waals surface area contributed by atoms with Crippen molar-refractivity contribution < 1.29 is 0 Å². The van der Waals surface area contributed by atoms with Crippen molar-refractivity contribution >= 4 is 74.6 Å². The molecule has 1 aromatic heterocycles. The van der Waals surface area contributed by atoms with Gasteiger partial charge in [-0.1, -0.05) is 23.2 Å². The van der Waals surface area contributed by atoms with Gasteiger partial charge in [0.05, 0.1) is 6.20 Å². The summed E-state index contributed by atoms with van der Waals surface area (Å²) in [6.07, 6.45) is 1.33. The molecule has 0 spiro atoms. The van der Waals surface area contributed by atoms with E-state index in [4.69, 9.17) is 23.2 Å². The minimum absolute atomic E-state index is 0. The van der Waals surface area contributed by atoms with E-state index in [1.807, 2.05) is 0 Å². The number of hydrogen-bond donors (Lipinski definition) is 0. The van der Waals surface area contributed by atoms with Gasteiger partial charge in [-0.05, 0) is 5.21 Å². The normalized spacial score (nSPS) is 8.22. The van der Waals surface area contributed by atoms with Gasteiger partial charge in [-0.25, -0.2) is 0 Å². The van der Waals surface area contributed by atoms with Crippen LogP contribution in [0.2, 0.25) is 10.2 Å². The van der Waals surface area contributed by atoms with E-state index in [1.54, 1.807) is 0 Å². The molecule has 0 atom stereocenters. The second-order valence-electron chi connectivity index (χ2n) is 1.07. The van der Waals surface area contributed by atoms with Crippen LogP contribution in [0.25, 0.3) is 0 Å². The first-order chi connectivity index (χ1) is 3.80. The van der Waals surface area contributed by atoms with Crippen LogP contribution < -0.4 is 0 Å². The summed E-state index contributed by atoms with van der Waals surface area (Å²) in [6.45, 7) is 0. The number of rotatable bonds is 0. The number of halogens is 2. The maximum absolute atomic E-state index is 5.41. The topological polar surface area (TPSA) is 38.7 Å². The van der Waals surface area contributed by atoms with Crippen LogP contribution in [0.1, 0.15) is 0 Å². The van der Waals surface area contributed by atoms with Crippen molar-refractivity contribution in [3.63, 3.8) is 0 Å². The molecule has 0 radical (unpaired) electrons. The maximum atomic E-state index is 5.41. The van der Waals surface area contributed by atoms with Gasteiger partial charge in [0.15, 0.2) is 5.15 Å². The Hall–Kier alpha value is 1.23. The fourth-order valence-corrected chi connectivity index (χ4v) is 0.407. The molecule has 6 heteroatoms. The number of aromatic nitrogens is 3. The molecule has 0 saturated carbocycles. The Morgan fingerprint density at radius 1 is 1.33 bits per heavy atom. The van der Waals surface area contributed by atoms with E-state index in [0.29, 0.717) is 5.02 Å². The van der Waals surface area contributed by atoms with Crippen LogP contribution in [-0.2, 0) is 0 Å².